The third kappa shape index (κ3) is 4.13. The summed E-state index contributed by atoms with van der Waals surface area (Å²) in [5.41, 5.74) is 1.96. The van der Waals surface area contributed by atoms with Gasteiger partial charge in [0, 0.05) is 29.9 Å². The summed E-state index contributed by atoms with van der Waals surface area (Å²) in [4.78, 5) is 37.4. The summed E-state index contributed by atoms with van der Waals surface area (Å²) < 4.78 is 5.41. The molecule has 0 saturated carbocycles. The Morgan fingerprint density at radius 1 is 1.17 bits per heavy atom. The average molecular weight is 422 g/mol. The van der Waals surface area contributed by atoms with Gasteiger partial charge in [0.15, 0.2) is 0 Å². The minimum Gasteiger partial charge on any atom is -0.456 e. The fourth-order valence-electron chi connectivity index (χ4n) is 3.40. The van der Waals surface area contributed by atoms with Crippen LogP contribution >= 0.6 is 11.8 Å². The number of β-lactam (4-membered cyclic amide) rings is 1. The number of nitrogens with zero attached hydrogens (tertiary/aromatic N) is 2. The van der Waals surface area contributed by atoms with Gasteiger partial charge in [-0.3, -0.25) is 14.9 Å². The lowest BCUT2D eigenvalue weighted by molar-refractivity contribution is -0.384. The summed E-state index contributed by atoms with van der Waals surface area (Å²) in [6.07, 6.45) is 3.03. The van der Waals surface area contributed by atoms with Crippen molar-refractivity contribution < 1.29 is 19.2 Å². The number of thioether (sulfide) groups is 1. The van der Waals surface area contributed by atoms with Crippen molar-refractivity contribution in [1.82, 2.24) is 4.90 Å². The number of fused-ring (bicyclic) bond motifs is 1. The number of non-ortho nitro benzene ring substituents is 1. The van der Waals surface area contributed by atoms with Gasteiger partial charge < -0.3 is 9.64 Å². The molecule has 4 rings (SSSR count). The molecule has 7 nitrogen and oxygen atoms in total. The predicted octanol–water partition coefficient (Wildman–Crippen LogP) is 4.26. The quantitative estimate of drug-likeness (QED) is 0.287. The SMILES string of the molecule is O=C(OCc1ccc([N+](=O)[O-])cc1)C1=C(S/C=C/c2ccccc2)CC2CC(=O)N12. The van der Waals surface area contributed by atoms with Gasteiger partial charge in [-0.1, -0.05) is 42.1 Å². The molecule has 2 heterocycles. The molecule has 0 spiro atoms. The highest BCUT2D eigenvalue weighted by atomic mass is 32.2. The van der Waals surface area contributed by atoms with Gasteiger partial charge in [0.2, 0.25) is 5.91 Å². The largest absolute Gasteiger partial charge is 0.456 e. The fraction of sp³-hybridized carbons (Fsp3) is 0.182. The van der Waals surface area contributed by atoms with E-state index in [0.717, 1.165) is 10.5 Å². The van der Waals surface area contributed by atoms with E-state index >= 15 is 0 Å². The Bertz CT molecular complexity index is 1050. The van der Waals surface area contributed by atoms with Crippen molar-refractivity contribution in [3.8, 4) is 0 Å². The molecule has 1 atom stereocenters. The van der Waals surface area contributed by atoms with Crippen molar-refractivity contribution in [1.29, 1.82) is 0 Å². The number of amides is 1. The second-order valence-electron chi connectivity index (χ2n) is 6.93. The number of hydrogen-bond acceptors (Lipinski definition) is 6. The number of nitro benzene ring substituents is 1. The van der Waals surface area contributed by atoms with Crippen LogP contribution in [0.15, 0.2) is 70.6 Å². The second kappa shape index (κ2) is 8.54. The summed E-state index contributed by atoms with van der Waals surface area (Å²) in [6.45, 7) is -0.0230. The number of esters is 1. The lowest BCUT2D eigenvalue weighted by Gasteiger charge is -2.35. The maximum atomic E-state index is 12.8. The summed E-state index contributed by atoms with van der Waals surface area (Å²) in [5.74, 6) is -0.635. The molecule has 2 aliphatic rings. The van der Waals surface area contributed by atoms with Gasteiger partial charge in [0.1, 0.15) is 12.3 Å². The number of nitro groups is 1. The van der Waals surface area contributed by atoms with Gasteiger partial charge in [-0.2, -0.15) is 0 Å². The van der Waals surface area contributed by atoms with E-state index < -0.39 is 10.9 Å². The molecule has 1 saturated heterocycles. The zero-order chi connectivity index (χ0) is 21.1. The van der Waals surface area contributed by atoms with Crippen LogP contribution in [0.1, 0.15) is 24.0 Å². The van der Waals surface area contributed by atoms with Gasteiger partial charge in [0.25, 0.3) is 5.69 Å². The molecule has 8 heteroatoms. The number of carbonyl (C=O) groups excluding carboxylic acids is 2. The van der Waals surface area contributed by atoms with E-state index in [4.69, 9.17) is 4.74 Å². The molecule has 0 N–H and O–H groups in total. The predicted molar refractivity (Wildman–Crippen MR) is 113 cm³/mol. The van der Waals surface area contributed by atoms with E-state index in [2.05, 4.69) is 0 Å². The van der Waals surface area contributed by atoms with Gasteiger partial charge in [-0.25, -0.2) is 4.79 Å². The topological polar surface area (TPSA) is 89.7 Å². The molecule has 0 radical (unpaired) electrons. The van der Waals surface area contributed by atoms with Crippen molar-refractivity contribution >= 4 is 35.4 Å². The normalized spacial score (nSPS) is 17.8. The summed E-state index contributed by atoms with van der Waals surface area (Å²) in [5, 5.41) is 12.6. The van der Waals surface area contributed by atoms with E-state index in [1.807, 2.05) is 41.8 Å². The molecule has 1 amide bonds. The lowest BCUT2D eigenvalue weighted by Crippen LogP contribution is -2.49. The Hall–Kier alpha value is -3.39. The minimum atomic E-state index is -0.556. The molecule has 1 fully saturated rings. The van der Waals surface area contributed by atoms with Crippen molar-refractivity contribution in [2.45, 2.75) is 25.5 Å². The van der Waals surface area contributed by atoms with Crippen molar-refractivity contribution in [2.24, 2.45) is 0 Å². The minimum absolute atomic E-state index is 0.0204. The van der Waals surface area contributed by atoms with Crippen LogP contribution in [-0.2, 0) is 20.9 Å². The van der Waals surface area contributed by atoms with Crippen LogP contribution in [0.25, 0.3) is 6.08 Å². The number of hydrogen-bond donors (Lipinski definition) is 0. The Morgan fingerprint density at radius 2 is 1.90 bits per heavy atom. The first-order valence-electron chi connectivity index (χ1n) is 9.37. The molecule has 2 aliphatic heterocycles. The zero-order valence-electron chi connectivity index (χ0n) is 15.9. The molecule has 2 aromatic carbocycles. The van der Waals surface area contributed by atoms with Crippen LogP contribution < -0.4 is 0 Å². The van der Waals surface area contributed by atoms with E-state index in [1.54, 1.807) is 12.1 Å². The fourth-order valence-corrected chi connectivity index (χ4v) is 4.38. The first-order chi connectivity index (χ1) is 14.5. The third-order valence-corrected chi connectivity index (χ3v) is 5.87. The standard InChI is InChI=1S/C22H18N2O5S/c25-20-13-18-12-19(30-11-10-15-4-2-1-3-5-15)21(23(18)20)22(26)29-14-16-6-8-17(9-7-16)24(27)28/h1-11,18H,12-14H2/b11-10+. The molecule has 1 unspecified atom stereocenters. The molecule has 2 aromatic rings. The Balaban J connectivity index is 1.45. The number of benzene rings is 2. The van der Waals surface area contributed by atoms with Gasteiger partial charge in [-0.15, -0.1) is 0 Å². The lowest BCUT2D eigenvalue weighted by atomic mass is 10.0. The van der Waals surface area contributed by atoms with E-state index in [1.165, 1.54) is 28.8 Å². The average Bonchev–Trinajstić information content (AvgIpc) is 3.05. The highest BCUT2D eigenvalue weighted by Gasteiger charge is 2.47. The smallest absolute Gasteiger partial charge is 0.356 e. The molecule has 0 aliphatic carbocycles. The molecule has 0 aromatic heterocycles. The van der Waals surface area contributed by atoms with E-state index in [9.17, 15) is 19.7 Å². The van der Waals surface area contributed by atoms with E-state index in [0.29, 0.717) is 24.1 Å². The number of ether oxygens (including phenoxy) is 1. The van der Waals surface area contributed by atoms with Gasteiger partial charge in [0.05, 0.1) is 11.0 Å². The highest BCUT2D eigenvalue weighted by Crippen LogP contribution is 2.43. The zero-order valence-corrected chi connectivity index (χ0v) is 16.7. The monoisotopic (exact) mass is 422 g/mol. The Morgan fingerprint density at radius 3 is 2.57 bits per heavy atom. The van der Waals surface area contributed by atoms with Crippen LogP contribution in [0.3, 0.4) is 0 Å². The maximum Gasteiger partial charge on any atom is 0.356 e. The summed E-state index contributed by atoms with van der Waals surface area (Å²) in [7, 11) is 0. The number of rotatable bonds is 7. The first-order valence-corrected chi connectivity index (χ1v) is 10.2. The third-order valence-electron chi connectivity index (χ3n) is 4.95. The summed E-state index contributed by atoms with van der Waals surface area (Å²) in [6, 6.07) is 15.6. The van der Waals surface area contributed by atoms with Crippen LogP contribution in [0.2, 0.25) is 0 Å². The maximum absolute atomic E-state index is 12.8. The first kappa shape index (κ1) is 19.9. The summed E-state index contributed by atoms with van der Waals surface area (Å²) >= 11 is 1.42. The van der Waals surface area contributed by atoms with Crippen molar-refractivity contribution in [3.05, 3.63) is 91.8 Å². The van der Waals surface area contributed by atoms with Gasteiger partial charge in [-0.05, 0) is 34.7 Å². The Labute approximate surface area is 177 Å². The second-order valence-corrected chi connectivity index (χ2v) is 7.93. The molecule has 30 heavy (non-hydrogen) atoms. The number of carbonyl (C=O) groups is 2. The van der Waals surface area contributed by atoms with Crippen LogP contribution in [0.4, 0.5) is 5.69 Å². The van der Waals surface area contributed by atoms with E-state index in [-0.39, 0.29) is 24.2 Å². The van der Waals surface area contributed by atoms with Gasteiger partial charge >= 0.3 is 5.97 Å². The molecule has 0 bridgehead atoms. The van der Waals surface area contributed by atoms with Crippen LogP contribution in [0, 0.1) is 10.1 Å². The van der Waals surface area contributed by atoms with Crippen LogP contribution in [0.5, 0.6) is 0 Å². The van der Waals surface area contributed by atoms with Crippen molar-refractivity contribution in [2.75, 3.05) is 0 Å². The van der Waals surface area contributed by atoms with Crippen LogP contribution in [-0.4, -0.2) is 27.7 Å². The molecular weight excluding hydrogens is 404 g/mol. The molecular formula is C22H18N2O5S. The highest BCUT2D eigenvalue weighted by molar-refractivity contribution is 8.06. The molecule has 152 valence electrons. The van der Waals surface area contributed by atoms with Crippen molar-refractivity contribution in [3.63, 3.8) is 0 Å². The Kier molecular flexibility index (Phi) is 5.67.